The molecule has 0 aliphatic carbocycles. The maximum atomic E-state index is 12.1. The van der Waals surface area contributed by atoms with Gasteiger partial charge in [-0.2, -0.15) is 5.10 Å². The Morgan fingerprint density at radius 2 is 2.19 bits per heavy atom. The zero-order chi connectivity index (χ0) is 18.3. The number of carbonyl (C=O) groups excluding carboxylic acids is 1. The molecule has 0 unspecified atom stereocenters. The Hall–Kier alpha value is -2.45. The molecule has 1 N–H and O–H groups in total. The van der Waals surface area contributed by atoms with Crippen LogP contribution in [0.25, 0.3) is 16.6 Å². The number of rotatable bonds is 3. The van der Waals surface area contributed by atoms with E-state index in [9.17, 15) is 4.79 Å². The highest BCUT2D eigenvalue weighted by Crippen LogP contribution is 2.39. The highest BCUT2D eigenvalue weighted by atomic mass is 35.5. The van der Waals surface area contributed by atoms with Crippen LogP contribution in [-0.2, 0) is 4.74 Å². The van der Waals surface area contributed by atoms with Crippen LogP contribution in [0, 0.1) is 0 Å². The Balaban J connectivity index is 1.99. The van der Waals surface area contributed by atoms with Crippen molar-refractivity contribution in [3.8, 4) is 11.4 Å². The van der Waals surface area contributed by atoms with Crippen molar-refractivity contribution in [2.75, 3.05) is 31.8 Å². The predicted molar refractivity (Wildman–Crippen MR) is 101 cm³/mol. The monoisotopic (exact) mass is 390 g/mol. The zero-order valence-electron chi connectivity index (χ0n) is 14.1. The molecule has 0 amide bonds. The number of carbonyl (C=O) groups is 1. The first-order valence-electron chi connectivity index (χ1n) is 7.84. The van der Waals surface area contributed by atoms with Gasteiger partial charge in [-0.3, -0.25) is 0 Å². The van der Waals surface area contributed by atoms with Crippen LogP contribution >= 0.6 is 23.4 Å². The summed E-state index contributed by atoms with van der Waals surface area (Å²) in [4.78, 5) is 17.3. The highest BCUT2D eigenvalue weighted by molar-refractivity contribution is 7.99. The van der Waals surface area contributed by atoms with E-state index in [1.165, 1.54) is 13.3 Å². The number of aromatic nitrogens is 3. The number of thioether (sulfide) groups is 1. The van der Waals surface area contributed by atoms with Gasteiger partial charge >= 0.3 is 5.97 Å². The van der Waals surface area contributed by atoms with Crippen molar-refractivity contribution in [3.05, 3.63) is 35.2 Å². The molecular weight excluding hydrogens is 376 g/mol. The second kappa shape index (κ2) is 6.69. The van der Waals surface area contributed by atoms with E-state index in [0.29, 0.717) is 27.5 Å². The maximum Gasteiger partial charge on any atom is 0.359 e. The SMILES string of the molecule is COC(=O)c1nn(-c2cc3c(cc2OC)NCCS3)c2cc(Cl)ncc12. The summed E-state index contributed by atoms with van der Waals surface area (Å²) >= 11 is 7.83. The molecule has 0 radical (unpaired) electrons. The standard InChI is InChI=1S/C17H15ClN4O3S/c1-24-13-5-10-14(26-4-3-19-10)6-12(13)22-11-7-15(18)20-8-9(11)16(21-22)17(23)25-2/h5-8,19H,3-4H2,1-2H3. The van der Waals surface area contributed by atoms with Crippen LogP contribution in [0.5, 0.6) is 5.75 Å². The molecule has 0 saturated heterocycles. The van der Waals surface area contributed by atoms with Crippen molar-refractivity contribution in [1.29, 1.82) is 0 Å². The molecular formula is C17H15ClN4O3S. The van der Waals surface area contributed by atoms with Gasteiger partial charge in [0.2, 0.25) is 0 Å². The summed E-state index contributed by atoms with van der Waals surface area (Å²) in [5.74, 6) is 1.07. The number of methoxy groups -OCH3 is 2. The predicted octanol–water partition coefficient (Wildman–Crippen LogP) is 3.39. The smallest absolute Gasteiger partial charge is 0.359 e. The average Bonchev–Trinajstić information content (AvgIpc) is 3.04. The van der Waals surface area contributed by atoms with E-state index in [0.717, 1.165) is 22.9 Å². The summed E-state index contributed by atoms with van der Waals surface area (Å²) in [6.07, 6.45) is 1.52. The van der Waals surface area contributed by atoms with Crippen LogP contribution in [0.4, 0.5) is 5.69 Å². The quantitative estimate of drug-likeness (QED) is 0.542. The molecule has 1 aliphatic rings. The minimum atomic E-state index is -0.536. The van der Waals surface area contributed by atoms with Crippen LogP contribution in [0.2, 0.25) is 5.15 Å². The molecule has 3 aromatic rings. The van der Waals surface area contributed by atoms with Gasteiger partial charge in [-0.1, -0.05) is 11.6 Å². The number of fused-ring (bicyclic) bond motifs is 2. The lowest BCUT2D eigenvalue weighted by Crippen LogP contribution is -2.11. The molecule has 0 saturated carbocycles. The van der Waals surface area contributed by atoms with E-state index in [2.05, 4.69) is 15.4 Å². The fraction of sp³-hybridized carbons (Fsp3) is 0.235. The van der Waals surface area contributed by atoms with Crippen molar-refractivity contribution in [1.82, 2.24) is 14.8 Å². The number of hydrogen-bond donors (Lipinski definition) is 1. The number of pyridine rings is 1. The Morgan fingerprint density at radius 3 is 2.96 bits per heavy atom. The van der Waals surface area contributed by atoms with E-state index >= 15 is 0 Å². The average molecular weight is 391 g/mol. The van der Waals surface area contributed by atoms with Gasteiger partial charge in [0, 0.05) is 35.5 Å². The highest BCUT2D eigenvalue weighted by Gasteiger charge is 2.23. The van der Waals surface area contributed by atoms with Crippen LogP contribution in [0.1, 0.15) is 10.5 Å². The van der Waals surface area contributed by atoms with Gasteiger partial charge in [-0.05, 0) is 6.07 Å². The van der Waals surface area contributed by atoms with Crippen LogP contribution < -0.4 is 10.1 Å². The number of halogens is 1. The molecule has 9 heteroatoms. The zero-order valence-corrected chi connectivity index (χ0v) is 15.6. The summed E-state index contributed by atoms with van der Waals surface area (Å²) in [6.45, 7) is 0.901. The molecule has 26 heavy (non-hydrogen) atoms. The third-order valence-electron chi connectivity index (χ3n) is 4.10. The fourth-order valence-corrected chi connectivity index (χ4v) is 3.96. The number of anilines is 1. The lowest BCUT2D eigenvalue weighted by molar-refractivity contribution is 0.0595. The van der Waals surface area contributed by atoms with Crippen molar-refractivity contribution >= 4 is 45.9 Å². The van der Waals surface area contributed by atoms with Gasteiger partial charge in [0.05, 0.1) is 30.8 Å². The maximum absolute atomic E-state index is 12.1. The van der Waals surface area contributed by atoms with Crippen molar-refractivity contribution < 1.29 is 14.3 Å². The molecule has 0 fully saturated rings. The molecule has 0 atom stereocenters. The first-order valence-corrected chi connectivity index (χ1v) is 9.20. The lowest BCUT2D eigenvalue weighted by atomic mass is 10.2. The van der Waals surface area contributed by atoms with Crippen LogP contribution in [0.15, 0.2) is 29.3 Å². The van der Waals surface area contributed by atoms with Crippen LogP contribution in [-0.4, -0.2) is 47.3 Å². The lowest BCUT2D eigenvalue weighted by Gasteiger charge is -2.20. The number of nitrogens with one attached hydrogen (secondary N) is 1. The second-order valence-corrected chi connectivity index (χ2v) is 7.10. The van der Waals surface area contributed by atoms with Crippen molar-refractivity contribution in [2.45, 2.75) is 4.90 Å². The number of esters is 1. The summed E-state index contributed by atoms with van der Waals surface area (Å²) in [6, 6.07) is 5.60. The Bertz CT molecular complexity index is 1020. The summed E-state index contributed by atoms with van der Waals surface area (Å²) < 4.78 is 12.1. The van der Waals surface area contributed by atoms with Gasteiger partial charge in [0.25, 0.3) is 0 Å². The van der Waals surface area contributed by atoms with E-state index in [-0.39, 0.29) is 5.69 Å². The van der Waals surface area contributed by atoms with E-state index in [1.54, 1.807) is 29.6 Å². The minimum Gasteiger partial charge on any atom is -0.494 e. The van der Waals surface area contributed by atoms with Crippen molar-refractivity contribution in [2.24, 2.45) is 0 Å². The Morgan fingerprint density at radius 1 is 1.35 bits per heavy atom. The number of ether oxygens (including phenoxy) is 2. The molecule has 134 valence electrons. The Kier molecular flexibility index (Phi) is 4.37. The molecule has 0 spiro atoms. The summed E-state index contributed by atoms with van der Waals surface area (Å²) in [5.41, 5.74) is 2.56. The molecule has 1 aromatic carbocycles. The van der Waals surface area contributed by atoms with E-state index in [1.807, 2.05) is 12.1 Å². The van der Waals surface area contributed by atoms with Gasteiger partial charge < -0.3 is 14.8 Å². The molecule has 3 heterocycles. The number of nitrogens with zero attached hydrogens (tertiary/aromatic N) is 3. The van der Waals surface area contributed by atoms with E-state index < -0.39 is 5.97 Å². The third kappa shape index (κ3) is 2.75. The normalized spacial score (nSPS) is 13.2. The molecule has 7 nitrogen and oxygen atoms in total. The van der Waals surface area contributed by atoms with Crippen LogP contribution in [0.3, 0.4) is 0 Å². The molecule has 0 bridgehead atoms. The molecule has 2 aromatic heterocycles. The summed E-state index contributed by atoms with van der Waals surface area (Å²) in [7, 11) is 2.92. The van der Waals surface area contributed by atoms with Gasteiger partial charge in [-0.25, -0.2) is 14.5 Å². The molecule has 1 aliphatic heterocycles. The van der Waals surface area contributed by atoms with E-state index in [4.69, 9.17) is 21.1 Å². The van der Waals surface area contributed by atoms with Gasteiger partial charge in [0.1, 0.15) is 16.6 Å². The number of hydrogen-bond acceptors (Lipinski definition) is 7. The first kappa shape index (κ1) is 17.0. The van der Waals surface area contributed by atoms with Gasteiger partial charge in [0.15, 0.2) is 5.69 Å². The topological polar surface area (TPSA) is 78.3 Å². The minimum absolute atomic E-state index is 0.178. The Labute approximate surface area is 158 Å². The summed E-state index contributed by atoms with van der Waals surface area (Å²) in [5, 5.41) is 8.69. The van der Waals surface area contributed by atoms with Crippen molar-refractivity contribution in [3.63, 3.8) is 0 Å². The van der Waals surface area contributed by atoms with Gasteiger partial charge in [-0.15, -0.1) is 11.8 Å². The second-order valence-electron chi connectivity index (χ2n) is 5.57. The number of benzene rings is 1. The third-order valence-corrected chi connectivity index (χ3v) is 5.36. The molecule has 4 rings (SSSR count). The largest absolute Gasteiger partial charge is 0.494 e. The first-order chi connectivity index (χ1) is 12.6. The fourth-order valence-electron chi connectivity index (χ4n) is 2.90.